The molecule has 1 N–H and O–H groups in total. The first kappa shape index (κ1) is 12.9. The zero-order valence-electron chi connectivity index (χ0n) is 10.2. The monoisotopic (exact) mass is 267 g/mol. The van der Waals surface area contributed by atoms with Crippen LogP contribution in [0.4, 0.5) is 0 Å². The van der Waals surface area contributed by atoms with Gasteiger partial charge in [-0.3, -0.25) is 0 Å². The van der Waals surface area contributed by atoms with Crippen molar-refractivity contribution >= 4 is 11.6 Å². The fourth-order valence-corrected chi connectivity index (χ4v) is 1.78. The zero-order valence-corrected chi connectivity index (χ0v) is 11.0. The largest absolute Gasteiger partial charge is 0.487 e. The summed E-state index contributed by atoms with van der Waals surface area (Å²) in [5, 5.41) is 11.2. The second-order valence-corrected chi connectivity index (χ2v) is 4.24. The minimum atomic E-state index is 0.312. The number of ether oxygens (including phenoxy) is 1. The molecule has 0 bridgehead atoms. The highest BCUT2D eigenvalue weighted by atomic mass is 35.5. The van der Waals surface area contributed by atoms with Crippen LogP contribution in [0, 0.1) is 6.92 Å². The number of aromatic nitrogens is 2. The van der Waals surface area contributed by atoms with E-state index in [1.54, 1.807) is 0 Å². The van der Waals surface area contributed by atoms with Gasteiger partial charge in [0.05, 0.1) is 0 Å². The molecule has 2 rings (SSSR count). The standard InChI is InChI=1S/C12H14ClN3O2/c1-8-11(16-18-15-8)7-17-12-5-3-4-10(13)9(12)6-14-2/h3-5,14H,6-7H2,1-2H3. The first-order chi connectivity index (χ1) is 8.72. The van der Waals surface area contributed by atoms with Crippen LogP contribution in [0.5, 0.6) is 5.75 Å². The topological polar surface area (TPSA) is 60.2 Å². The number of nitrogens with one attached hydrogen (secondary N) is 1. The smallest absolute Gasteiger partial charge is 0.145 e. The molecule has 0 atom stereocenters. The van der Waals surface area contributed by atoms with Gasteiger partial charge in [-0.05, 0) is 26.1 Å². The van der Waals surface area contributed by atoms with Gasteiger partial charge in [0.25, 0.3) is 0 Å². The molecule has 0 unspecified atom stereocenters. The molecule has 1 aromatic heterocycles. The van der Waals surface area contributed by atoms with E-state index in [9.17, 15) is 0 Å². The number of rotatable bonds is 5. The van der Waals surface area contributed by atoms with Crippen LogP contribution in [0.1, 0.15) is 17.0 Å². The van der Waals surface area contributed by atoms with Gasteiger partial charge in [-0.2, -0.15) is 0 Å². The summed E-state index contributed by atoms with van der Waals surface area (Å²) >= 11 is 6.13. The fraction of sp³-hybridized carbons (Fsp3) is 0.333. The lowest BCUT2D eigenvalue weighted by Crippen LogP contribution is -2.08. The van der Waals surface area contributed by atoms with Crippen molar-refractivity contribution in [2.24, 2.45) is 0 Å². The summed E-state index contributed by atoms with van der Waals surface area (Å²) in [4.78, 5) is 0. The second kappa shape index (κ2) is 5.84. The molecule has 0 amide bonds. The maximum atomic E-state index is 6.13. The quantitative estimate of drug-likeness (QED) is 0.901. The third-order valence-electron chi connectivity index (χ3n) is 2.54. The number of benzene rings is 1. The molecular weight excluding hydrogens is 254 g/mol. The molecule has 6 heteroatoms. The average Bonchev–Trinajstić information content (AvgIpc) is 2.76. The van der Waals surface area contributed by atoms with Crippen LogP contribution in [-0.2, 0) is 13.2 Å². The van der Waals surface area contributed by atoms with Gasteiger partial charge in [0.15, 0.2) is 0 Å². The first-order valence-corrected chi connectivity index (χ1v) is 5.93. The van der Waals surface area contributed by atoms with Crippen LogP contribution in [0.3, 0.4) is 0 Å². The van der Waals surface area contributed by atoms with E-state index >= 15 is 0 Å². The third-order valence-corrected chi connectivity index (χ3v) is 2.89. The summed E-state index contributed by atoms with van der Waals surface area (Å²) in [5.41, 5.74) is 2.34. The van der Waals surface area contributed by atoms with Gasteiger partial charge in [0.2, 0.25) is 0 Å². The molecule has 18 heavy (non-hydrogen) atoms. The molecule has 1 aromatic carbocycles. The third kappa shape index (κ3) is 2.80. The van der Waals surface area contributed by atoms with Crippen LogP contribution >= 0.6 is 11.6 Å². The minimum absolute atomic E-state index is 0.312. The van der Waals surface area contributed by atoms with Crippen molar-refractivity contribution in [3.63, 3.8) is 0 Å². The van der Waals surface area contributed by atoms with Gasteiger partial charge in [-0.1, -0.05) is 28.0 Å². The lowest BCUT2D eigenvalue weighted by Gasteiger charge is -2.11. The summed E-state index contributed by atoms with van der Waals surface area (Å²) in [6, 6.07) is 5.57. The van der Waals surface area contributed by atoms with E-state index in [2.05, 4.69) is 20.3 Å². The molecule has 0 fully saturated rings. The molecule has 5 nitrogen and oxygen atoms in total. The molecule has 96 valence electrons. The predicted octanol–water partition coefficient (Wildman–Crippen LogP) is 2.33. The Balaban J connectivity index is 2.14. The maximum Gasteiger partial charge on any atom is 0.145 e. The van der Waals surface area contributed by atoms with Crippen LogP contribution < -0.4 is 10.1 Å². The van der Waals surface area contributed by atoms with Crippen LogP contribution in [0.2, 0.25) is 5.02 Å². The van der Waals surface area contributed by atoms with Crippen molar-refractivity contribution in [3.8, 4) is 5.75 Å². The zero-order chi connectivity index (χ0) is 13.0. The summed E-state index contributed by atoms with van der Waals surface area (Å²) in [6.45, 7) is 2.78. The highest BCUT2D eigenvalue weighted by Gasteiger charge is 2.10. The Morgan fingerprint density at radius 1 is 1.39 bits per heavy atom. The lowest BCUT2D eigenvalue weighted by atomic mass is 10.2. The lowest BCUT2D eigenvalue weighted by molar-refractivity contribution is 0.268. The Kier molecular flexibility index (Phi) is 4.17. The van der Waals surface area contributed by atoms with Crippen molar-refractivity contribution in [3.05, 3.63) is 40.2 Å². The maximum absolute atomic E-state index is 6.13. The van der Waals surface area contributed by atoms with Crippen LogP contribution in [0.15, 0.2) is 22.8 Å². The molecule has 0 aliphatic rings. The van der Waals surface area contributed by atoms with Crippen molar-refractivity contribution < 1.29 is 9.37 Å². The molecule has 0 aliphatic carbocycles. The normalized spacial score (nSPS) is 10.6. The van der Waals surface area contributed by atoms with Gasteiger partial charge in [-0.15, -0.1) is 0 Å². The Labute approximate surface area is 110 Å². The molecule has 0 saturated carbocycles. The molecule has 0 radical (unpaired) electrons. The van der Waals surface area contributed by atoms with Gasteiger partial charge in [0, 0.05) is 17.1 Å². The van der Waals surface area contributed by atoms with E-state index in [1.807, 2.05) is 32.2 Å². The Bertz CT molecular complexity index is 528. The van der Waals surface area contributed by atoms with Gasteiger partial charge in [-0.25, -0.2) is 4.63 Å². The van der Waals surface area contributed by atoms with E-state index in [4.69, 9.17) is 16.3 Å². The Morgan fingerprint density at radius 3 is 2.89 bits per heavy atom. The van der Waals surface area contributed by atoms with Crippen molar-refractivity contribution in [2.75, 3.05) is 7.05 Å². The molecule has 0 spiro atoms. The second-order valence-electron chi connectivity index (χ2n) is 3.83. The van der Waals surface area contributed by atoms with Crippen molar-refractivity contribution in [2.45, 2.75) is 20.1 Å². The molecular formula is C12H14ClN3O2. The van der Waals surface area contributed by atoms with Crippen molar-refractivity contribution in [1.29, 1.82) is 0 Å². The summed E-state index contributed by atoms with van der Waals surface area (Å²) < 4.78 is 10.3. The van der Waals surface area contributed by atoms with E-state index < -0.39 is 0 Å². The first-order valence-electron chi connectivity index (χ1n) is 5.55. The van der Waals surface area contributed by atoms with E-state index in [1.165, 1.54) is 0 Å². The molecule has 1 heterocycles. The van der Waals surface area contributed by atoms with Crippen LogP contribution in [-0.4, -0.2) is 17.4 Å². The highest BCUT2D eigenvalue weighted by Crippen LogP contribution is 2.26. The number of hydrogen-bond acceptors (Lipinski definition) is 5. The van der Waals surface area contributed by atoms with E-state index in [-0.39, 0.29) is 0 Å². The van der Waals surface area contributed by atoms with E-state index in [0.717, 1.165) is 17.0 Å². The summed E-state index contributed by atoms with van der Waals surface area (Å²) in [5.74, 6) is 0.735. The van der Waals surface area contributed by atoms with Crippen LogP contribution in [0.25, 0.3) is 0 Å². The number of aryl methyl sites for hydroxylation is 1. The van der Waals surface area contributed by atoms with Gasteiger partial charge in [0.1, 0.15) is 23.7 Å². The SMILES string of the molecule is CNCc1c(Cl)cccc1OCc1nonc1C. The molecule has 2 aromatic rings. The summed E-state index contributed by atoms with van der Waals surface area (Å²) in [7, 11) is 1.86. The fourth-order valence-electron chi connectivity index (χ4n) is 1.55. The molecule has 0 aliphatic heterocycles. The van der Waals surface area contributed by atoms with Gasteiger partial charge < -0.3 is 10.1 Å². The number of nitrogens with zero attached hydrogens (tertiary/aromatic N) is 2. The van der Waals surface area contributed by atoms with Gasteiger partial charge >= 0.3 is 0 Å². The van der Waals surface area contributed by atoms with Crippen molar-refractivity contribution in [1.82, 2.24) is 15.6 Å². The summed E-state index contributed by atoms with van der Waals surface area (Å²) in [6.07, 6.45) is 0. The minimum Gasteiger partial charge on any atom is -0.487 e. The average molecular weight is 268 g/mol. The van der Waals surface area contributed by atoms with E-state index in [0.29, 0.717) is 23.9 Å². The predicted molar refractivity (Wildman–Crippen MR) is 67.6 cm³/mol. The number of halogens is 1. The Hall–Kier alpha value is -1.59. The highest BCUT2D eigenvalue weighted by molar-refractivity contribution is 6.31. The molecule has 0 saturated heterocycles. The number of hydrogen-bond donors (Lipinski definition) is 1. The Morgan fingerprint density at radius 2 is 2.22 bits per heavy atom.